The highest BCUT2D eigenvalue weighted by atomic mass is 31.2. The molecule has 8 nitrogen and oxygen atoms in total. The largest absolute Gasteiger partial charge is 0.474 e. The van der Waals surface area contributed by atoms with Gasteiger partial charge in [-0.2, -0.15) is 0 Å². The van der Waals surface area contributed by atoms with Crippen LogP contribution in [-0.2, 0) is 22.7 Å². The van der Waals surface area contributed by atoms with Gasteiger partial charge < -0.3 is 19.4 Å². The molecule has 0 spiro atoms. The van der Waals surface area contributed by atoms with Gasteiger partial charge in [0.1, 0.15) is 0 Å². The monoisotopic (exact) mass is 264 g/mol. The Morgan fingerprint density at radius 3 is 2.20 bits per heavy atom. The fraction of sp³-hybridized carbons (Fsp3) is 1.00. The molecule has 92 valence electrons. The first-order valence-electron chi connectivity index (χ1n) is 4.02. The molecule has 10 heteroatoms. The maximum Gasteiger partial charge on any atom is 0.474 e. The number of hydrogen-bond donors (Lipinski definition) is 3. The number of phosphoric acid groups is 1. The van der Waals surface area contributed by atoms with Crippen molar-refractivity contribution in [1.29, 1.82) is 0 Å². The normalized spacial score (nSPS) is 19.5. The van der Waals surface area contributed by atoms with Crippen molar-refractivity contribution >= 4 is 15.4 Å². The van der Waals surface area contributed by atoms with E-state index in [9.17, 15) is 9.13 Å². The average molecular weight is 264 g/mol. The van der Waals surface area contributed by atoms with Gasteiger partial charge in [-0.1, -0.05) is 6.92 Å². The van der Waals surface area contributed by atoms with Crippen LogP contribution < -0.4 is 0 Å². The lowest BCUT2D eigenvalue weighted by Gasteiger charge is -2.14. The summed E-state index contributed by atoms with van der Waals surface area (Å²) in [4.78, 5) is 17.8. The highest BCUT2D eigenvalue weighted by Crippen LogP contribution is 2.50. The van der Waals surface area contributed by atoms with Gasteiger partial charge in [-0.15, -0.1) is 0 Å². The SMILES string of the molecule is CCCOP(=O)(O)COP(=O)(O)OCO. The molecule has 0 heterocycles. The molecule has 0 aliphatic heterocycles. The number of phosphoric ester groups is 1. The van der Waals surface area contributed by atoms with Crippen LogP contribution >= 0.6 is 15.4 Å². The smallest absolute Gasteiger partial charge is 0.370 e. The first-order valence-corrected chi connectivity index (χ1v) is 7.28. The molecule has 0 saturated heterocycles. The van der Waals surface area contributed by atoms with Crippen LogP contribution in [0.3, 0.4) is 0 Å². The molecule has 0 aromatic carbocycles. The summed E-state index contributed by atoms with van der Waals surface area (Å²) in [5, 5.41) is 8.18. The molecule has 0 amide bonds. The topological polar surface area (TPSA) is 123 Å². The molecule has 0 rings (SSSR count). The standard InChI is InChI=1S/C5H14O8P2/c1-2-3-11-14(7,8)5-13-15(9,10)12-4-6/h6H,2-5H2,1H3,(H,7,8)(H,9,10). The van der Waals surface area contributed by atoms with Crippen molar-refractivity contribution in [2.45, 2.75) is 13.3 Å². The van der Waals surface area contributed by atoms with E-state index >= 15 is 0 Å². The van der Waals surface area contributed by atoms with Crippen molar-refractivity contribution in [2.75, 3.05) is 19.7 Å². The van der Waals surface area contributed by atoms with E-state index in [4.69, 9.17) is 14.9 Å². The molecule has 0 aromatic heterocycles. The molecule has 0 aliphatic carbocycles. The molecular formula is C5H14O8P2. The van der Waals surface area contributed by atoms with E-state index in [1.165, 1.54) is 0 Å². The lowest BCUT2D eigenvalue weighted by Crippen LogP contribution is -2.01. The minimum absolute atomic E-state index is 0.0354. The molecule has 0 saturated carbocycles. The molecule has 0 bridgehead atoms. The quantitative estimate of drug-likeness (QED) is 0.431. The minimum atomic E-state index is -4.48. The van der Waals surface area contributed by atoms with Crippen LogP contribution in [0.15, 0.2) is 0 Å². The van der Waals surface area contributed by atoms with E-state index in [1.54, 1.807) is 6.92 Å². The molecule has 3 N–H and O–H groups in total. The maximum atomic E-state index is 11.1. The highest BCUT2D eigenvalue weighted by Gasteiger charge is 2.28. The van der Waals surface area contributed by atoms with Crippen molar-refractivity contribution in [3.05, 3.63) is 0 Å². The summed E-state index contributed by atoms with van der Waals surface area (Å²) in [6.07, 6.45) is -0.449. The highest BCUT2D eigenvalue weighted by molar-refractivity contribution is 7.54. The number of aliphatic hydroxyl groups is 1. The van der Waals surface area contributed by atoms with E-state index < -0.39 is 28.6 Å². The molecule has 15 heavy (non-hydrogen) atoms. The van der Waals surface area contributed by atoms with E-state index in [1.807, 2.05) is 0 Å². The van der Waals surface area contributed by atoms with E-state index in [-0.39, 0.29) is 6.61 Å². The van der Waals surface area contributed by atoms with E-state index in [2.05, 4.69) is 13.6 Å². The van der Waals surface area contributed by atoms with Gasteiger partial charge in [0.15, 0.2) is 13.1 Å². The fourth-order valence-corrected chi connectivity index (χ4v) is 2.46. The maximum absolute atomic E-state index is 11.1. The van der Waals surface area contributed by atoms with Crippen molar-refractivity contribution in [2.24, 2.45) is 0 Å². The number of hydrogen-bond acceptors (Lipinski definition) is 6. The first kappa shape index (κ1) is 15.2. The zero-order valence-electron chi connectivity index (χ0n) is 8.11. The Labute approximate surface area is 86.9 Å². The van der Waals surface area contributed by atoms with Crippen molar-refractivity contribution < 1.29 is 37.6 Å². The van der Waals surface area contributed by atoms with Gasteiger partial charge in [0, 0.05) is 0 Å². The van der Waals surface area contributed by atoms with Crippen molar-refractivity contribution in [3.63, 3.8) is 0 Å². The summed E-state index contributed by atoms with van der Waals surface area (Å²) < 4.78 is 34.4. The first-order chi connectivity index (χ1) is 6.83. The van der Waals surface area contributed by atoms with Crippen LogP contribution in [0.4, 0.5) is 0 Å². The third-order valence-corrected chi connectivity index (χ3v) is 3.24. The van der Waals surface area contributed by atoms with Gasteiger partial charge in [0.2, 0.25) is 0 Å². The Morgan fingerprint density at radius 2 is 1.73 bits per heavy atom. The van der Waals surface area contributed by atoms with Gasteiger partial charge in [0.05, 0.1) is 6.61 Å². The Kier molecular flexibility index (Phi) is 6.83. The van der Waals surface area contributed by atoms with E-state index in [0.717, 1.165) is 0 Å². The third kappa shape index (κ3) is 8.07. The van der Waals surface area contributed by atoms with Gasteiger partial charge >= 0.3 is 15.4 Å². The summed E-state index contributed by atoms with van der Waals surface area (Å²) in [5.41, 5.74) is 0. The van der Waals surface area contributed by atoms with E-state index in [0.29, 0.717) is 6.42 Å². The minimum Gasteiger partial charge on any atom is -0.370 e. The predicted molar refractivity (Wildman–Crippen MR) is 50.0 cm³/mol. The summed E-state index contributed by atoms with van der Waals surface area (Å²) in [7, 11) is -8.53. The summed E-state index contributed by atoms with van der Waals surface area (Å²) >= 11 is 0. The second kappa shape index (κ2) is 6.73. The van der Waals surface area contributed by atoms with Crippen LogP contribution in [0.5, 0.6) is 0 Å². The molecule has 0 fully saturated rings. The summed E-state index contributed by atoms with van der Waals surface area (Å²) in [6.45, 7) is 0.736. The van der Waals surface area contributed by atoms with Gasteiger partial charge in [-0.05, 0) is 6.42 Å². The zero-order valence-corrected chi connectivity index (χ0v) is 9.89. The lowest BCUT2D eigenvalue weighted by atomic mass is 10.5. The average Bonchev–Trinajstić information content (AvgIpc) is 2.12. The van der Waals surface area contributed by atoms with Crippen molar-refractivity contribution in [3.8, 4) is 0 Å². The third-order valence-electron chi connectivity index (χ3n) is 1.10. The Morgan fingerprint density at radius 1 is 1.13 bits per heavy atom. The van der Waals surface area contributed by atoms with Gasteiger partial charge in [-0.3, -0.25) is 13.6 Å². The number of rotatable bonds is 8. The molecule has 2 atom stereocenters. The van der Waals surface area contributed by atoms with Crippen LogP contribution in [0.2, 0.25) is 0 Å². The molecule has 2 unspecified atom stereocenters. The zero-order chi connectivity index (χ0) is 11.9. The van der Waals surface area contributed by atoms with Crippen LogP contribution in [0.25, 0.3) is 0 Å². The van der Waals surface area contributed by atoms with Crippen LogP contribution in [-0.4, -0.2) is 34.6 Å². The van der Waals surface area contributed by atoms with Crippen LogP contribution in [0.1, 0.15) is 13.3 Å². The number of aliphatic hydroxyl groups excluding tert-OH is 1. The summed E-state index contributed by atoms with van der Waals surface area (Å²) in [5.74, 6) is 0. The van der Waals surface area contributed by atoms with Crippen molar-refractivity contribution in [1.82, 2.24) is 0 Å². The summed E-state index contributed by atoms with van der Waals surface area (Å²) in [6, 6.07) is 0. The molecular weight excluding hydrogens is 250 g/mol. The molecule has 0 aromatic rings. The lowest BCUT2D eigenvalue weighted by molar-refractivity contribution is 0.0547. The Balaban J connectivity index is 4.02. The Bertz CT molecular complexity index is 266. The predicted octanol–water partition coefficient (Wildman–Crippen LogP) is 0.639. The fourth-order valence-electron chi connectivity index (χ4n) is 0.527. The van der Waals surface area contributed by atoms with Gasteiger partial charge in [-0.25, -0.2) is 4.57 Å². The molecule has 0 aliphatic rings. The van der Waals surface area contributed by atoms with Gasteiger partial charge in [0.25, 0.3) is 0 Å². The Hall–Kier alpha value is 0.220. The second-order valence-corrected chi connectivity index (χ2v) is 5.70. The van der Waals surface area contributed by atoms with Crippen LogP contribution in [0, 0.1) is 0 Å². The second-order valence-electron chi connectivity index (χ2n) is 2.46. The molecule has 0 radical (unpaired) electrons.